The Kier molecular flexibility index (Phi) is 1.78. The summed E-state index contributed by atoms with van der Waals surface area (Å²) in [6.07, 6.45) is 0.407. The fraction of sp³-hybridized carbons (Fsp3) is 0.778. The second kappa shape index (κ2) is 2.72. The number of hydrogen-bond donors (Lipinski definition) is 0. The lowest BCUT2D eigenvalue weighted by molar-refractivity contribution is -0.140. The Hall–Kier alpha value is -1.06. The Bertz CT molecular complexity index is 264. The normalized spacial score (nSPS) is 34.0. The Labute approximate surface area is 77.5 Å². The molecule has 0 unspecified atom stereocenters. The van der Waals surface area contributed by atoms with E-state index in [-0.39, 0.29) is 17.7 Å². The van der Waals surface area contributed by atoms with Gasteiger partial charge in [0.25, 0.3) is 0 Å². The molecule has 2 amide bonds. The van der Waals surface area contributed by atoms with Crippen molar-refractivity contribution in [3.63, 3.8) is 0 Å². The van der Waals surface area contributed by atoms with E-state index in [9.17, 15) is 9.59 Å². The molecule has 0 N–H and O–H groups in total. The summed E-state index contributed by atoms with van der Waals surface area (Å²) >= 11 is 0. The van der Waals surface area contributed by atoms with Gasteiger partial charge in [0.2, 0.25) is 11.8 Å². The van der Waals surface area contributed by atoms with Gasteiger partial charge < -0.3 is 9.80 Å². The van der Waals surface area contributed by atoms with E-state index in [0.717, 1.165) is 13.1 Å². The van der Waals surface area contributed by atoms with E-state index in [1.807, 2.05) is 7.05 Å². The molecular formula is C9H14N2O2. The van der Waals surface area contributed by atoms with E-state index >= 15 is 0 Å². The highest BCUT2D eigenvalue weighted by Crippen LogP contribution is 2.31. The predicted molar refractivity (Wildman–Crippen MR) is 46.9 cm³/mol. The number of likely N-dealkylation sites (tertiary alicyclic amines) is 2. The minimum Gasteiger partial charge on any atom is -0.345 e. The van der Waals surface area contributed by atoms with Crippen molar-refractivity contribution in [2.45, 2.75) is 6.42 Å². The summed E-state index contributed by atoms with van der Waals surface area (Å²) in [6, 6.07) is 0. The molecule has 2 aliphatic heterocycles. The number of fused-ring (bicyclic) bond motifs is 1. The van der Waals surface area contributed by atoms with E-state index < -0.39 is 0 Å². The van der Waals surface area contributed by atoms with E-state index in [1.54, 1.807) is 16.8 Å². The maximum absolute atomic E-state index is 11.5. The van der Waals surface area contributed by atoms with Gasteiger partial charge in [-0.15, -0.1) is 0 Å². The minimum absolute atomic E-state index is 0.0336. The van der Waals surface area contributed by atoms with Crippen LogP contribution in [0.25, 0.3) is 0 Å². The minimum atomic E-state index is -0.0336. The van der Waals surface area contributed by atoms with Crippen LogP contribution in [-0.2, 0) is 9.59 Å². The van der Waals surface area contributed by atoms with E-state index in [4.69, 9.17) is 0 Å². The van der Waals surface area contributed by atoms with Gasteiger partial charge in [0.1, 0.15) is 0 Å². The predicted octanol–water partition coefficient (Wildman–Crippen LogP) is -0.447. The molecule has 0 spiro atoms. The molecule has 4 heteroatoms. The van der Waals surface area contributed by atoms with Gasteiger partial charge in [-0.25, -0.2) is 0 Å². The highest BCUT2D eigenvalue weighted by molar-refractivity contribution is 5.88. The highest BCUT2D eigenvalue weighted by atomic mass is 16.2. The molecule has 13 heavy (non-hydrogen) atoms. The molecular weight excluding hydrogens is 168 g/mol. The molecule has 2 rings (SSSR count). The number of piperidine rings is 1. The number of carbonyl (C=O) groups is 2. The zero-order valence-corrected chi connectivity index (χ0v) is 7.99. The second-order valence-corrected chi connectivity index (χ2v) is 4.06. The van der Waals surface area contributed by atoms with Gasteiger partial charge in [-0.2, -0.15) is 0 Å². The maximum Gasteiger partial charge on any atom is 0.226 e. The van der Waals surface area contributed by atoms with Gasteiger partial charge >= 0.3 is 0 Å². The van der Waals surface area contributed by atoms with Crippen molar-refractivity contribution < 1.29 is 9.59 Å². The van der Waals surface area contributed by atoms with Crippen molar-refractivity contribution >= 4 is 11.8 Å². The van der Waals surface area contributed by atoms with Crippen LogP contribution in [0.3, 0.4) is 0 Å². The van der Waals surface area contributed by atoms with Crippen LogP contribution in [-0.4, -0.2) is 48.8 Å². The van der Waals surface area contributed by atoms with Crippen LogP contribution < -0.4 is 0 Å². The van der Waals surface area contributed by atoms with Crippen molar-refractivity contribution in [3.8, 4) is 0 Å². The number of amides is 2. The second-order valence-electron chi connectivity index (χ2n) is 4.06. The molecule has 0 aliphatic carbocycles. The monoisotopic (exact) mass is 182 g/mol. The number of nitrogens with zero attached hydrogens (tertiary/aromatic N) is 2. The lowest BCUT2D eigenvalue weighted by Gasteiger charge is -2.29. The van der Waals surface area contributed by atoms with Crippen LogP contribution in [0, 0.1) is 11.8 Å². The Morgan fingerprint density at radius 2 is 1.77 bits per heavy atom. The fourth-order valence-electron chi connectivity index (χ4n) is 2.29. The molecule has 0 aromatic carbocycles. The van der Waals surface area contributed by atoms with Crippen molar-refractivity contribution in [2.75, 3.05) is 27.2 Å². The zero-order valence-electron chi connectivity index (χ0n) is 7.99. The summed E-state index contributed by atoms with van der Waals surface area (Å²) in [7, 11) is 3.62. The average molecular weight is 182 g/mol. The summed E-state index contributed by atoms with van der Waals surface area (Å²) in [5.41, 5.74) is 0. The van der Waals surface area contributed by atoms with Gasteiger partial charge in [0.05, 0.1) is 5.92 Å². The third kappa shape index (κ3) is 1.20. The first-order valence-corrected chi connectivity index (χ1v) is 4.58. The molecule has 0 radical (unpaired) electrons. The van der Waals surface area contributed by atoms with Crippen molar-refractivity contribution in [2.24, 2.45) is 11.8 Å². The smallest absolute Gasteiger partial charge is 0.226 e. The summed E-state index contributed by atoms with van der Waals surface area (Å²) in [5.74, 6) is 0.574. The van der Waals surface area contributed by atoms with Gasteiger partial charge in [0.15, 0.2) is 0 Å². The average Bonchev–Trinajstić information content (AvgIpc) is 2.32. The summed E-state index contributed by atoms with van der Waals surface area (Å²) in [6.45, 7) is 1.54. The molecule has 0 bridgehead atoms. The van der Waals surface area contributed by atoms with Crippen LogP contribution in [0.15, 0.2) is 0 Å². The third-order valence-electron chi connectivity index (χ3n) is 3.10. The molecule has 2 saturated heterocycles. The molecule has 0 saturated carbocycles. The van der Waals surface area contributed by atoms with Crippen molar-refractivity contribution in [3.05, 3.63) is 0 Å². The van der Waals surface area contributed by atoms with Crippen LogP contribution in [0.5, 0.6) is 0 Å². The molecule has 2 fully saturated rings. The summed E-state index contributed by atoms with van der Waals surface area (Å²) in [5, 5.41) is 0. The van der Waals surface area contributed by atoms with Crippen LogP contribution in [0.1, 0.15) is 6.42 Å². The van der Waals surface area contributed by atoms with Gasteiger partial charge in [0, 0.05) is 39.5 Å². The first-order valence-electron chi connectivity index (χ1n) is 4.58. The lowest BCUT2D eigenvalue weighted by Crippen LogP contribution is -2.42. The molecule has 2 aliphatic rings. The first-order chi connectivity index (χ1) is 6.09. The molecule has 0 aromatic rings. The largest absolute Gasteiger partial charge is 0.345 e. The number of hydrogen-bond acceptors (Lipinski definition) is 2. The van der Waals surface area contributed by atoms with Crippen LogP contribution in [0.2, 0.25) is 0 Å². The SMILES string of the molecule is CN1C[C@H]2CN(C)C(=O)[C@H]2CC1=O. The van der Waals surface area contributed by atoms with Gasteiger partial charge in [-0.1, -0.05) is 0 Å². The van der Waals surface area contributed by atoms with Gasteiger partial charge in [-0.05, 0) is 0 Å². The Morgan fingerprint density at radius 1 is 1.15 bits per heavy atom. The summed E-state index contributed by atoms with van der Waals surface area (Å²) in [4.78, 5) is 26.4. The zero-order chi connectivity index (χ0) is 9.59. The summed E-state index contributed by atoms with van der Waals surface area (Å²) < 4.78 is 0. The van der Waals surface area contributed by atoms with Crippen LogP contribution in [0.4, 0.5) is 0 Å². The molecule has 72 valence electrons. The third-order valence-corrected chi connectivity index (χ3v) is 3.10. The van der Waals surface area contributed by atoms with Crippen molar-refractivity contribution in [1.82, 2.24) is 9.80 Å². The highest BCUT2D eigenvalue weighted by Gasteiger charge is 2.43. The molecule has 2 atom stereocenters. The Morgan fingerprint density at radius 3 is 2.46 bits per heavy atom. The number of carbonyl (C=O) groups excluding carboxylic acids is 2. The lowest BCUT2D eigenvalue weighted by atomic mass is 9.88. The molecule has 0 aromatic heterocycles. The topological polar surface area (TPSA) is 40.6 Å². The van der Waals surface area contributed by atoms with Crippen molar-refractivity contribution in [1.29, 1.82) is 0 Å². The van der Waals surface area contributed by atoms with Crippen LogP contribution >= 0.6 is 0 Å². The fourth-order valence-corrected chi connectivity index (χ4v) is 2.29. The number of rotatable bonds is 0. The first kappa shape index (κ1) is 8.53. The molecule has 2 heterocycles. The van der Waals surface area contributed by atoms with E-state index in [1.165, 1.54) is 0 Å². The van der Waals surface area contributed by atoms with E-state index in [0.29, 0.717) is 12.3 Å². The standard InChI is InChI=1S/C9H14N2O2/c1-10-4-6-5-11(2)9(13)7(6)3-8(10)12/h6-7H,3-5H2,1-2H3/t6-,7-/m0/s1. The Balaban J connectivity index is 2.17. The maximum atomic E-state index is 11.5. The quantitative estimate of drug-likeness (QED) is 0.509. The molecule has 4 nitrogen and oxygen atoms in total. The van der Waals surface area contributed by atoms with E-state index in [2.05, 4.69) is 0 Å². The van der Waals surface area contributed by atoms with Gasteiger partial charge in [-0.3, -0.25) is 9.59 Å².